The van der Waals surface area contributed by atoms with Gasteiger partial charge in [0.05, 0.1) is 4.92 Å². The van der Waals surface area contributed by atoms with Crippen LogP contribution in [0.25, 0.3) is 0 Å². The first kappa shape index (κ1) is 15.9. The predicted octanol–water partition coefficient (Wildman–Crippen LogP) is 2.39. The van der Waals surface area contributed by atoms with Crippen molar-refractivity contribution in [3.8, 4) is 0 Å². The van der Waals surface area contributed by atoms with E-state index >= 15 is 0 Å². The summed E-state index contributed by atoms with van der Waals surface area (Å²) in [7, 11) is 0. The zero-order chi connectivity index (χ0) is 14.4. The molecule has 0 bridgehead atoms. The van der Waals surface area contributed by atoms with Crippen molar-refractivity contribution in [1.29, 1.82) is 0 Å². The lowest BCUT2D eigenvalue weighted by Crippen LogP contribution is -2.30. The van der Waals surface area contributed by atoms with E-state index in [1.54, 1.807) is 6.07 Å². The van der Waals surface area contributed by atoms with Gasteiger partial charge in [-0.15, -0.1) is 0 Å². The Labute approximate surface area is 122 Å². The maximum atomic E-state index is 10.6. The lowest BCUT2D eigenvalue weighted by atomic mass is 10.2. The number of nitrogens with zero attached hydrogens (tertiary/aromatic N) is 1. The molecule has 0 aliphatic carbocycles. The van der Waals surface area contributed by atoms with Gasteiger partial charge in [-0.1, -0.05) is 22.0 Å². The maximum Gasteiger partial charge on any atom is 0.320 e. The Kier molecular flexibility index (Phi) is 6.26. The Morgan fingerprint density at radius 2 is 2.26 bits per heavy atom. The van der Waals surface area contributed by atoms with Gasteiger partial charge >= 0.3 is 5.97 Å². The van der Waals surface area contributed by atoms with Gasteiger partial charge in [0.15, 0.2) is 0 Å². The summed E-state index contributed by atoms with van der Waals surface area (Å²) in [6, 6.07) is 3.75. The molecule has 1 aromatic rings. The van der Waals surface area contributed by atoms with Crippen LogP contribution in [0.2, 0.25) is 0 Å². The van der Waals surface area contributed by atoms with E-state index in [2.05, 4.69) is 15.9 Å². The first-order chi connectivity index (χ1) is 8.91. The second-order valence-electron chi connectivity index (χ2n) is 3.82. The van der Waals surface area contributed by atoms with E-state index in [9.17, 15) is 14.9 Å². The van der Waals surface area contributed by atoms with Crippen molar-refractivity contribution in [1.82, 2.24) is 0 Å². The van der Waals surface area contributed by atoms with Crippen LogP contribution in [0.4, 0.5) is 5.69 Å². The summed E-state index contributed by atoms with van der Waals surface area (Å²) in [5.41, 5.74) is 6.35. The number of non-ortho nitro benzene ring substituents is 1. The summed E-state index contributed by atoms with van der Waals surface area (Å²) in [5.74, 6) is 0.263. The standard InChI is InChI=1S/C11H13BrN2O4S/c12-9-5-8(14(17)18)2-1-7(9)6-19-4-3-10(13)11(15)16/h1-2,5,10H,3-4,6,13H2,(H,15,16). The third-order valence-electron chi connectivity index (χ3n) is 2.40. The number of halogens is 1. The summed E-state index contributed by atoms with van der Waals surface area (Å²) in [6.45, 7) is 0. The molecule has 104 valence electrons. The number of carbonyl (C=O) groups is 1. The molecule has 0 aliphatic rings. The van der Waals surface area contributed by atoms with Crippen molar-refractivity contribution in [2.45, 2.75) is 18.2 Å². The van der Waals surface area contributed by atoms with Crippen LogP contribution in [0.5, 0.6) is 0 Å². The van der Waals surface area contributed by atoms with Gasteiger partial charge in [-0.2, -0.15) is 11.8 Å². The summed E-state index contributed by atoms with van der Waals surface area (Å²) in [5, 5.41) is 19.2. The van der Waals surface area contributed by atoms with Crippen LogP contribution >= 0.6 is 27.7 Å². The third kappa shape index (κ3) is 5.17. The van der Waals surface area contributed by atoms with E-state index < -0.39 is 16.9 Å². The zero-order valence-corrected chi connectivity index (χ0v) is 12.3. The van der Waals surface area contributed by atoms with Crippen LogP contribution in [-0.4, -0.2) is 27.8 Å². The molecule has 6 nitrogen and oxygen atoms in total. The number of nitro groups is 1. The minimum Gasteiger partial charge on any atom is -0.480 e. The highest BCUT2D eigenvalue weighted by atomic mass is 79.9. The average molecular weight is 349 g/mol. The molecule has 0 fully saturated rings. The van der Waals surface area contributed by atoms with E-state index in [-0.39, 0.29) is 5.69 Å². The Bertz CT molecular complexity index is 484. The zero-order valence-electron chi connectivity index (χ0n) is 9.91. The van der Waals surface area contributed by atoms with Gasteiger partial charge in [0.25, 0.3) is 5.69 Å². The lowest BCUT2D eigenvalue weighted by molar-refractivity contribution is -0.384. The van der Waals surface area contributed by atoms with Crippen molar-refractivity contribution in [2.75, 3.05) is 5.75 Å². The topological polar surface area (TPSA) is 106 Å². The van der Waals surface area contributed by atoms with Crippen LogP contribution in [-0.2, 0) is 10.5 Å². The molecule has 0 heterocycles. The van der Waals surface area contributed by atoms with E-state index in [4.69, 9.17) is 10.8 Å². The van der Waals surface area contributed by atoms with Gasteiger partial charge in [-0.05, 0) is 17.7 Å². The van der Waals surface area contributed by atoms with Crippen LogP contribution in [0, 0.1) is 10.1 Å². The number of carboxylic acid groups (broad SMARTS) is 1. The first-order valence-corrected chi connectivity index (χ1v) is 7.35. The molecule has 8 heteroatoms. The number of hydrogen-bond donors (Lipinski definition) is 2. The summed E-state index contributed by atoms with van der Waals surface area (Å²) in [6.07, 6.45) is 0.393. The molecule has 0 amide bonds. The number of rotatable bonds is 7. The molecule has 1 unspecified atom stereocenters. The number of benzene rings is 1. The van der Waals surface area contributed by atoms with Gasteiger partial charge in [0.2, 0.25) is 0 Å². The molecule has 0 aromatic heterocycles. The number of nitrogens with two attached hydrogens (primary N) is 1. The minimum atomic E-state index is -1.00. The number of aliphatic carboxylic acids is 1. The molecule has 0 radical (unpaired) electrons. The molecular weight excluding hydrogens is 336 g/mol. The molecule has 0 saturated heterocycles. The Morgan fingerprint density at radius 1 is 1.58 bits per heavy atom. The van der Waals surface area contributed by atoms with Gasteiger partial charge < -0.3 is 10.8 Å². The van der Waals surface area contributed by atoms with Crippen LogP contribution in [0.15, 0.2) is 22.7 Å². The van der Waals surface area contributed by atoms with E-state index in [0.717, 1.165) is 5.56 Å². The number of carboxylic acids is 1. The fourth-order valence-corrected chi connectivity index (χ4v) is 3.01. The number of hydrogen-bond acceptors (Lipinski definition) is 5. The average Bonchev–Trinajstić information content (AvgIpc) is 2.35. The smallest absolute Gasteiger partial charge is 0.320 e. The fraction of sp³-hybridized carbons (Fsp3) is 0.364. The third-order valence-corrected chi connectivity index (χ3v) is 4.17. The van der Waals surface area contributed by atoms with Crippen LogP contribution < -0.4 is 5.73 Å². The highest BCUT2D eigenvalue weighted by Gasteiger charge is 2.12. The molecule has 0 saturated carbocycles. The van der Waals surface area contributed by atoms with Crippen molar-refractivity contribution in [2.24, 2.45) is 5.73 Å². The van der Waals surface area contributed by atoms with Crippen molar-refractivity contribution in [3.05, 3.63) is 38.3 Å². The second-order valence-corrected chi connectivity index (χ2v) is 5.78. The summed E-state index contributed by atoms with van der Waals surface area (Å²) in [4.78, 5) is 20.6. The predicted molar refractivity (Wildman–Crippen MR) is 77.2 cm³/mol. The van der Waals surface area contributed by atoms with Crippen molar-refractivity contribution < 1.29 is 14.8 Å². The SMILES string of the molecule is NC(CCSCc1ccc([N+](=O)[O-])cc1Br)C(=O)O. The van der Waals surface area contributed by atoms with Crippen molar-refractivity contribution >= 4 is 39.3 Å². The quantitative estimate of drug-likeness (QED) is 0.445. The van der Waals surface area contributed by atoms with Gasteiger partial charge in [0.1, 0.15) is 6.04 Å². The highest BCUT2D eigenvalue weighted by Crippen LogP contribution is 2.26. The molecule has 1 atom stereocenters. The molecule has 19 heavy (non-hydrogen) atoms. The van der Waals surface area contributed by atoms with Gasteiger partial charge in [0, 0.05) is 22.4 Å². The van der Waals surface area contributed by atoms with Crippen molar-refractivity contribution in [3.63, 3.8) is 0 Å². The maximum absolute atomic E-state index is 10.6. The van der Waals surface area contributed by atoms with E-state index in [1.165, 1.54) is 23.9 Å². The molecule has 0 aliphatic heterocycles. The molecular formula is C11H13BrN2O4S. The largest absolute Gasteiger partial charge is 0.480 e. The number of thioether (sulfide) groups is 1. The molecule has 1 rings (SSSR count). The van der Waals surface area contributed by atoms with Crippen LogP contribution in [0.1, 0.15) is 12.0 Å². The first-order valence-electron chi connectivity index (χ1n) is 5.40. The Balaban J connectivity index is 2.46. The van der Waals surface area contributed by atoms with Gasteiger partial charge in [-0.3, -0.25) is 14.9 Å². The highest BCUT2D eigenvalue weighted by molar-refractivity contribution is 9.10. The monoisotopic (exact) mass is 348 g/mol. The molecule has 0 spiro atoms. The molecule has 1 aromatic carbocycles. The minimum absolute atomic E-state index is 0.0357. The number of nitro benzene ring substituents is 1. The van der Waals surface area contributed by atoms with E-state index in [1.807, 2.05) is 0 Å². The normalized spacial score (nSPS) is 12.1. The van der Waals surface area contributed by atoms with Crippen LogP contribution in [0.3, 0.4) is 0 Å². The lowest BCUT2D eigenvalue weighted by Gasteiger charge is -2.07. The Morgan fingerprint density at radius 3 is 2.79 bits per heavy atom. The summed E-state index contributed by atoms with van der Waals surface area (Å²) >= 11 is 4.82. The molecule has 3 N–H and O–H groups in total. The fourth-order valence-electron chi connectivity index (χ4n) is 1.28. The second kappa shape index (κ2) is 7.46. The Hall–Kier alpha value is -1.12. The van der Waals surface area contributed by atoms with E-state index in [0.29, 0.717) is 22.4 Å². The van der Waals surface area contributed by atoms with Gasteiger partial charge in [-0.25, -0.2) is 0 Å². The summed E-state index contributed by atoms with van der Waals surface area (Å²) < 4.78 is 0.678.